The third-order valence-corrected chi connectivity index (χ3v) is 14.6. The van der Waals surface area contributed by atoms with Crippen LogP contribution in [0.4, 0.5) is 32.8 Å². The van der Waals surface area contributed by atoms with Gasteiger partial charge in [0.2, 0.25) is 5.88 Å². The van der Waals surface area contributed by atoms with Crippen LogP contribution in [0.25, 0.3) is 38.6 Å². The lowest BCUT2D eigenvalue weighted by Gasteiger charge is -2.15. The highest BCUT2D eigenvalue weighted by atomic mass is 32.2. The van der Waals surface area contributed by atoms with Crippen molar-refractivity contribution < 1.29 is 63.4 Å². The van der Waals surface area contributed by atoms with Crippen molar-refractivity contribution in [1.82, 2.24) is 9.38 Å². The summed E-state index contributed by atoms with van der Waals surface area (Å²) in [7, 11) is -13.4. The molecule has 0 radical (unpaired) electrons. The number of aromatic nitrogens is 2. The van der Waals surface area contributed by atoms with Gasteiger partial charge in [-0.1, -0.05) is 47.7 Å². The number of pyridine rings is 1. The molecule has 376 valence electrons. The average molecular weight is 1080 g/mol. The normalized spacial score (nSPS) is 12.4. The number of methoxy groups -OCH3 is 1. The maximum atomic E-state index is 12.7. The first-order valence-corrected chi connectivity index (χ1v) is 26.3. The standard InChI is InChI=1S/C46H34N10O14S4/c1-23-17-34(52-53-40-24(2)29(21-47)42-49-31-11-6-7-12-35(31)56(42)45(40)57)36(70-15-8-16-72(60,61)62)20-33(23)51-54-43-30(22-48)39(38-27-10-5-4-9-25(27)18-28(46(58)59)41(38)69-3)44(71-43)55-50-32-14-13-26(73(63,64)65)19-37(32)74(66,67)68/h4-7,9-14,17-20,57H,8,15-16H2,1-3H3,(H,58,59)(H,60,61,62)(H,63,64,65)(H,66,67,68). The fourth-order valence-corrected chi connectivity index (χ4v) is 10.3. The van der Waals surface area contributed by atoms with E-state index in [-0.39, 0.29) is 96.5 Å². The molecule has 0 atom stereocenters. The highest BCUT2D eigenvalue weighted by molar-refractivity contribution is 7.86. The van der Waals surface area contributed by atoms with Crippen LogP contribution in [0.3, 0.4) is 0 Å². The molecule has 8 aromatic rings. The van der Waals surface area contributed by atoms with Gasteiger partial charge >= 0.3 is 5.97 Å². The number of aromatic hydroxyl groups is 1. The number of rotatable bonds is 16. The molecule has 5 aromatic carbocycles. The number of imidazole rings is 1. The van der Waals surface area contributed by atoms with E-state index >= 15 is 0 Å². The zero-order chi connectivity index (χ0) is 53.4. The molecule has 0 amide bonds. The van der Waals surface area contributed by atoms with E-state index in [1.807, 2.05) is 6.07 Å². The minimum atomic E-state index is -5.23. The number of hydrogen-bond donors (Lipinski definition) is 5. The predicted molar refractivity (Wildman–Crippen MR) is 266 cm³/mol. The molecule has 3 aromatic heterocycles. The van der Waals surface area contributed by atoms with Gasteiger partial charge in [0.15, 0.2) is 16.3 Å². The summed E-state index contributed by atoms with van der Waals surface area (Å²) in [4.78, 5) is 15.2. The van der Waals surface area contributed by atoms with Gasteiger partial charge in [-0.25, -0.2) is 9.78 Å². The lowest BCUT2D eigenvalue weighted by molar-refractivity contribution is 0.0693. The van der Waals surface area contributed by atoms with Gasteiger partial charge in [-0.05, 0) is 79.1 Å². The molecule has 0 aliphatic carbocycles. The van der Waals surface area contributed by atoms with Gasteiger partial charge in [0.1, 0.15) is 61.6 Å². The first-order valence-electron chi connectivity index (χ1n) is 21.0. The summed E-state index contributed by atoms with van der Waals surface area (Å²) >= 11 is 0.660. The minimum absolute atomic E-state index is 0.0120. The Morgan fingerprint density at radius 1 is 0.770 bits per heavy atom. The Hall–Kier alpha value is -8.61. The van der Waals surface area contributed by atoms with Crippen molar-refractivity contribution in [1.29, 1.82) is 10.5 Å². The Kier molecular flexibility index (Phi) is 14.1. The molecule has 24 nitrogen and oxygen atoms in total. The Labute approximate surface area is 422 Å². The molecule has 0 saturated heterocycles. The smallest absolute Gasteiger partial charge is 0.339 e. The molecular formula is C46H34N10O14S4. The second-order valence-corrected chi connectivity index (χ2v) is 21.1. The first kappa shape index (κ1) is 51.7. The van der Waals surface area contributed by atoms with Crippen LogP contribution >= 0.6 is 11.3 Å². The number of carbonyl (C=O) groups is 1. The number of para-hydroxylation sites is 2. The van der Waals surface area contributed by atoms with Crippen LogP contribution in [0.2, 0.25) is 0 Å². The van der Waals surface area contributed by atoms with Crippen LogP contribution < -0.4 is 9.47 Å². The number of nitriles is 2. The number of aryl methyl sites for hydroxylation is 1. The van der Waals surface area contributed by atoms with Crippen LogP contribution in [0.1, 0.15) is 39.0 Å². The molecule has 5 N–H and O–H groups in total. The maximum Gasteiger partial charge on any atom is 0.339 e. The van der Waals surface area contributed by atoms with Gasteiger partial charge in [-0.3, -0.25) is 18.1 Å². The van der Waals surface area contributed by atoms with Crippen LogP contribution in [-0.4, -0.2) is 83.9 Å². The van der Waals surface area contributed by atoms with Gasteiger partial charge < -0.3 is 19.7 Å². The van der Waals surface area contributed by atoms with Crippen molar-refractivity contribution in [3.63, 3.8) is 0 Å². The van der Waals surface area contributed by atoms with Crippen molar-refractivity contribution in [3.8, 4) is 40.6 Å². The minimum Gasteiger partial charge on any atom is -0.495 e. The molecule has 0 aliphatic rings. The van der Waals surface area contributed by atoms with Crippen LogP contribution in [0, 0.1) is 36.5 Å². The monoisotopic (exact) mass is 1080 g/mol. The fourth-order valence-electron chi connectivity index (χ4n) is 7.69. The number of carboxylic acids is 1. The van der Waals surface area contributed by atoms with Gasteiger partial charge in [0.05, 0.1) is 41.1 Å². The van der Waals surface area contributed by atoms with Crippen LogP contribution in [-0.2, 0) is 30.4 Å². The quantitative estimate of drug-likeness (QED) is 0.0341. The van der Waals surface area contributed by atoms with Gasteiger partial charge in [-0.15, -0.1) is 30.7 Å². The van der Waals surface area contributed by atoms with Crippen molar-refractivity contribution in [2.24, 2.45) is 30.7 Å². The summed E-state index contributed by atoms with van der Waals surface area (Å²) in [5.41, 5.74) is 0.527. The number of azo groups is 3. The van der Waals surface area contributed by atoms with Crippen LogP contribution in [0.15, 0.2) is 125 Å². The summed E-state index contributed by atoms with van der Waals surface area (Å²) in [5.74, 6) is -2.75. The molecule has 3 heterocycles. The number of aromatic carboxylic acids is 1. The maximum absolute atomic E-state index is 12.7. The third-order valence-electron chi connectivity index (χ3n) is 11.1. The van der Waals surface area contributed by atoms with Crippen molar-refractivity contribution in [2.45, 2.75) is 30.1 Å². The van der Waals surface area contributed by atoms with E-state index in [2.05, 4.69) is 41.7 Å². The molecule has 0 fully saturated rings. The van der Waals surface area contributed by atoms with Gasteiger partial charge in [-0.2, -0.15) is 35.8 Å². The average Bonchev–Trinajstić information content (AvgIpc) is 3.91. The molecule has 0 saturated carbocycles. The van der Waals surface area contributed by atoms with E-state index < -0.39 is 57.6 Å². The third kappa shape index (κ3) is 10.2. The molecule has 74 heavy (non-hydrogen) atoms. The molecule has 8 rings (SSSR count). The zero-order valence-corrected chi connectivity index (χ0v) is 41.5. The molecule has 28 heteroatoms. The SMILES string of the molecule is COc1c(C(=O)O)cc2ccccc2c1-c1c(N=Nc2ccc(S(=O)(=O)O)cc2S(=O)(=O)O)sc(N=Nc2cc(OCCCS(=O)(=O)O)c(N=Nc3c(C)c(C#N)c4nc5ccccc5n4c3O)cc2C)c1C#N. The second-order valence-electron chi connectivity index (χ2n) is 15.8. The number of ether oxygens (including phenoxy) is 2. The zero-order valence-electron chi connectivity index (χ0n) is 38.2. The number of benzene rings is 5. The fraction of sp³-hybridized carbons (Fsp3) is 0.130. The van der Waals surface area contributed by atoms with Crippen molar-refractivity contribution in [2.75, 3.05) is 19.5 Å². The molecule has 0 bridgehead atoms. The predicted octanol–water partition coefficient (Wildman–Crippen LogP) is 10.5. The lowest BCUT2D eigenvalue weighted by atomic mass is 9.93. The summed E-state index contributed by atoms with van der Waals surface area (Å²) < 4.78 is 114. The van der Waals surface area contributed by atoms with E-state index in [1.165, 1.54) is 29.7 Å². The van der Waals surface area contributed by atoms with E-state index in [4.69, 9.17) is 9.47 Å². The molecule has 0 spiro atoms. The van der Waals surface area contributed by atoms with E-state index in [0.717, 1.165) is 12.1 Å². The topological polar surface area (TPSA) is 378 Å². The second kappa shape index (κ2) is 20.1. The number of thiophene rings is 1. The number of hydrogen-bond acceptors (Lipinski definition) is 20. The Morgan fingerprint density at radius 2 is 1.45 bits per heavy atom. The van der Waals surface area contributed by atoms with Crippen molar-refractivity contribution >= 4 is 108 Å². The van der Waals surface area contributed by atoms with E-state index in [0.29, 0.717) is 44.8 Å². The van der Waals surface area contributed by atoms with Gasteiger partial charge in [0, 0.05) is 22.8 Å². The van der Waals surface area contributed by atoms with Crippen LogP contribution in [0.5, 0.6) is 17.4 Å². The summed E-state index contributed by atoms with van der Waals surface area (Å²) in [6.07, 6.45) is -0.186. The number of nitrogens with zero attached hydrogens (tertiary/aromatic N) is 10. The van der Waals surface area contributed by atoms with E-state index in [9.17, 15) is 64.4 Å². The summed E-state index contributed by atoms with van der Waals surface area (Å²) in [6.45, 7) is 2.85. The lowest BCUT2D eigenvalue weighted by Crippen LogP contribution is -2.08. The summed E-state index contributed by atoms with van der Waals surface area (Å²) in [6, 6.07) is 23.7. The number of fused-ring (bicyclic) bond motifs is 4. The summed E-state index contributed by atoms with van der Waals surface area (Å²) in [5, 5.41) is 68.8. The molecule has 0 unspecified atom stereocenters. The highest BCUT2D eigenvalue weighted by Gasteiger charge is 2.29. The van der Waals surface area contributed by atoms with Crippen molar-refractivity contribution in [3.05, 3.63) is 113 Å². The Balaban J connectivity index is 1.30. The first-order chi connectivity index (χ1) is 35.0. The molecular weight excluding hydrogens is 1040 g/mol. The highest BCUT2D eigenvalue weighted by Crippen LogP contribution is 2.53. The molecule has 0 aliphatic heterocycles. The number of carboxylic acid groups (broad SMARTS) is 1. The van der Waals surface area contributed by atoms with Gasteiger partial charge in [0.25, 0.3) is 30.4 Å². The van der Waals surface area contributed by atoms with E-state index in [1.54, 1.807) is 62.4 Å². The Bertz CT molecular complexity index is 4220. The Morgan fingerprint density at radius 3 is 2.12 bits per heavy atom. The largest absolute Gasteiger partial charge is 0.495 e.